The van der Waals surface area contributed by atoms with Crippen molar-refractivity contribution >= 4 is 35.0 Å². The molecule has 0 bridgehead atoms. The quantitative estimate of drug-likeness (QED) is 0.903. The highest BCUT2D eigenvalue weighted by Gasteiger charge is 2.09. The molecule has 1 unspecified atom stereocenters. The van der Waals surface area contributed by atoms with Crippen LogP contribution in [0.4, 0.5) is 0 Å². The van der Waals surface area contributed by atoms with Crippen molar-refractivity contribution in [2.75, 3.05) is 0 Å². The zero-order valence-electron chi connectivity index (χ0n) is 9.73. The Kier molecular flexibility index (Phi) is 4.51. The van der Waals surface area contributed by atoms with Crippen molar-refractivity contribution in [2.45, 2.75) is 22.9 Å². The number of pyridine rings is 1. The summed E-state index contributed by atoms with van der Waals surface area (Å²) in [5.74, 6) is 0. The van der Waals surface area contributed by atoms with Gasteiger partial charge >= 0.3 is 0 Å². The van der Waals surface area contributed by atoms with E-state index in [0.717, 1.165) is 15.5 Å². The van der Waals surface area contributed by atoms with E-state index in [0.29, 0.717) is 10.0 Å². The van der Waals surface area contributed by atoms with E-state index >= 15 is 0 Å². The second-order valence-corrected chi connectivity index (χ2v) is 5.72. The normalized spacial score (nSPS) is 12.4. The highest BCUT2D eigenvalue weighted by Crippen LogP contribution is 2.36. The van der Waals surface area contributed by atoms with Crippen LogP contribution in [0.15, 0.2) is 46.5 Å². The predicted octanol–water partition coefficient (Wildman–Crippen LogP) is 4.56. The van der Waals surface area contributed by atoms with E-state index in [-0.39, 0.29) is 6.04 Å². The van der Waals surface area contributed by atoms with Gasteiger partial charge in [0, 0.05) is 17.1 Å². The molecule has 2 nitrogen and oxygen atoms in total. The van der Waals surface area contributed by atoms with Crippen LogP contribution in [0.2, 0.25) is 10.0 Å². The van der Waals surface area contributed by atoms with Crippen molar-refractivity contribution in [1.29, 1.82) is 0 Å². The van der Waals surface area contributed by atoms with Crippen molar-refractivity contribution in [3.63, 3.8) is 0 Å². The van der Waals surface area contributed by atoms with Crippen LogP contribution in [0.3, 0.4) is 0 Å². The molecule has 0 aliphatic heterocycles. The van der Waals surface area contributed by atoms with E-state index in [9.17, 15) is 0 Å². The Balaban J connectivity index is 2.28. The summed E-state index contributed by atoms with van der Waals surface area (Å²) in [6.07, 6.45) is 1.71. The monoisotopic (exact) mass is 298 g/mol. The summed E-state index contributed by atoms with van der Waals surface area (Å²) >= 11 is 13.7. The maximum absolute atomic E-state index is 6.23. The Morgan fingerprint density at radius 2 is 2.00 bits per heavy atom. The summed E-state index contributed by atoms with van der Waals surface area (Å²) < 4.78 is 0. The molecular weight excluding hydrogens is 287 g/mol. The summed E-state index contributed by atoms with van der Waals surface area (Å²) in [5, 5.41) is 2.03. The molecule has 0 amide bonds. The molecule has 2 N–H and O–H groups in total. The summed E-state index contributed by atoms with van der Waals surface area (Å²) in [5.41, 5.74) is 6.82. The Hall–Kier alpha value is -0.740. The Bertz CT molecular complexity index is 558. The highest BCUT2D eigenvalue weighted by molar-refractivity contribution is 7.99. The van der Waals surface area contributed by atoms with Gasteiger partial charge in [0.05, 0.1) is 10.0 Å². The summed E-state index contributed by atoms with van der Waals surface area (Å²) in [6, 6.07) is 9.37. The van der Waals surface area contributed by atoms with Gasteiger partial charge in [0.1, 0.15) is 5.03 Å². The SMILES string of the molecule is CC(N)c1ccc(Sc2ncccc2Cl)c(Cl)c1. The molecule has 0 aliphatic carbocycles. The number of halogens is 2. The standard InChI is InChI=1S/C13H12Cl2N2S/c1-8(16)9-4-5-12(11(15)7-9)18-13-10(14)3-2-6-17-13/h2-8H,16H2,1H3. The number of hydrogen-bond donors (Lipinski definition) is 1. The molecule has 2 rings (SSSR count). The second-order valence-electron chi connectivity index (χ2n) is 3.87. The predicted molar refractivity (Wildman–Crippen MR) is 77.4 cm³/mol. The van der Waals surface area contributed by atoms with Crippen LogP contribution in [0.1, 0.15) is 18.5 Å². The van der Waals surface area contributed by atoms with Crippen LogP contribution in [0, 0.1) is 0 Å². The molecule has 94 valence electrons. The molecule has 0 fully saturated rings. The summed E-state index contributed by atoms with van der Waals surface area (Å²) in [7, 11) is 0. The molecule has 0 saturated heterocycles. The molecule has 0 saturated carbocycles. The first kappa shape index (κ1) is 13.7. The molecule has 1 atom stereocenters. The first-order chi connectivity index (χ1) is 8.58. The van der Waals surface area contributed by atoms with Crippen LogP contribution >= 0.6 is 35.0 Å². The third kappa shape index (κ3) is 3.18. The first-order valence-electron chi connectivity index (χ1n) is 5.41. The second kappa shape index (κ2) is 5.93. The van der Waals surface area contributed by atoms with Crippen LogP contribution in [0.5, 0.6) is 0 Å². The van der Waals surface area contributed by atoms with Crippen LogP contribution in [-0.4, -0.2) is 4.98 Å². The number of aromatic nitrogens is 1. The summed E-state index contributed by atoms with van der Waals surface area (Å²) in [6.45, 7) is 1.92. The molecule has 0 spiro atoms. The molecule has 1 aromatic heterocycles. The Morgan fingerprint density at radius 1 is 1.22 bits per heavy atom. The maximum Gasteiger partial charge on any atom is 0.119 e. The minimum atomic E-state index is -0.0278. The maximum atomic E-state index is 6.23. The zero-order chi connectivity index (χ0) is 13.1. The van der Waals surface area contributed by atoms with Crippen LogP contribution in [0.25, 0.3) is 0 Å². The fraction of sp³-hybridized carbons (Fsp3) is 0.154. The average Bonchev–Trinajstić information content (AvgIpc) is 2.34. The topological polar surface area (TPSA) is 38.9 Å². The highest BCUT2D eigenvalue weighted by atomic mass is 35.5. The fourth-order valence-electron chi connectivity index (χ4n) is 1.43. The number of nitrogens with two attached hydrogens (primary N) is 1. The minimum Gasteiger partial charge on any atom is -0.324 e. The average molecular weight is 299 g/mol. The van der Waals surface area contributed by atoms with E-state index in [4.69, 9.17) is 28.9 Å². The van der Waals surface area contributed by atoms with Gasteiger partial charge in [-0.15, -0.1) is 0 Å². The Morgan fingerprint density at radius 3 is 2.61 bits per heavy atom. The van der Waals surface area contributed by atoms with E-state index in [2.05, 4.69) is 4.98 Å². The van der Waals surface area contributed by atoms with Gasteiger partial charge in [-0.05, 0) is 36.8 Å². The molecule has 1 aromatic carbocycles. The Labute approximate surface area is 121 Å². The van der Waals surface area contributed by atoms with Crippen molar-refractivity contribution in [1.82, 2.24) is 4.98 Å². The van der Waals surface area contributed by atoms with Crippen LogP contribution < -0.4 is 5.73 Å². The lowest BCUT2D eigenvalue weighted by molar-refractivity contribution is 0.817. The lowest BCUT2D eigenvalue weighted by atomic mass is 10.1. The van der Waals surface area contributed by atoms with Gasteiger partial charge in [-0.25, -0.2) is 4.98 Å². The zero-order valence-corrected chi connectivity index (χ0v) is 12.1. The smallest absolute Gasteiger partial charge is 0.119 e. The van der Waals surface area contributed by atoms with Gasteiger partial charge in [0.2, 0.25) is 0 Å². The van der Waals surface area contributed by atoms with Crippen LogP contribution in [-0.2, 0) is 0 Å². The lowest BCUT2D eigenvalue weighted by Crippen LogP contribution is -2.04. The summed E-state index contributed by atoms with van der Waals surface area (Å²) in [4.78, 5) is 5.14. The number of hydrogen-bond acceptors (Lipinski definition) is 3. The number of benzene rings is 1. The third-order valence-corrected chi connectivity index (χ3v) is 4.35. The number of rotatable bonds is 3. The molecule has 0 aliphatic rings. The first-order valence-corrected chi connectivity index (χ1v) is 6.98. The molecular formula is C13H12Cl2N2S. The van der Waals surface area contributed by atoms with Gasteiger partial charge in [0.15, 0.2) is 0 Å². The van der Waals surface area contributed by atoms with E-state index in [1.807, 2.05) is 25.1 Å². The fourth-order valence-corrected chi connectivity index (χ4v) is 2.76. The van der Waals surface area contributed by atoms with E-state index in [1.54, 1.807) is 18.3 Å². The van der Waals surface area contributed by atoms with Gasteiger partial charge < -0.3 is 5.73 Å². The van der Waals surface area contributed by atoms with Gasteiger partial charge in [-0.2, -0.15) is 0 Å². The third-order valence-electron chi connectivity index (χ3n) is 2.41. The van der Waals surface area contributed by atoms with E-state index < -0.39 is 0 Å². The van der Waals surface area contributed by atoms with Crippen molar-refractivity contribution in [2.24, 2.45) is 5.73 Å². The largest absolute Gasteiger partial charge is 0.324 e. The van der Waals surface area contributed by atoms with Gasteiger partial charge in [-0.1, -0.05) is 41.0 Å². The van der Waals surface area contributed by atoms with Crippen molar-refractivity contribution < 1.29 is 0 Å². The molecule has 5 heteroatoms. The van der Waals surface area contributed by atoms with Gasteiger partial charge in [-0.3, -0.25) is 0 Å². The minimum absolute atomic E-state index is 0.0278. The van der Waals surface area contributed by atoms with Gasteiger partial charge in [0.25, 0.3) is 0 Å². The van der Waals surface area contributed by atoms with E-state index in [1.165, 1.54) is 11.8 Å². The molecule has 1 heterocycles. The number of nitrogens with zero attached hydrogens (tertiary/aromatic N) is 1. The van der Waals surface area contributed by atoms with Crippen molar-refractivity contribution in [3.05, 3.63) is 52.1 Å². The molecule has 2 aromatic rings. The van der Waals surface area contributed by atoms with Crippen molar-refractivity contribution in [3.8, 4) is 0 Å². The molecule has 0 radical (unpaired) electrons. The molecule has 18 heavy (non-hydrogen) atoms. The lowest BCUT2D eigenvalue weighted by Gasteiger charge is -2.09.